The number of aromatic nitrogens is 2. The third kappa shape index (κ3) is 1.71. The van der Waals surface area contributed by atoms with Gasteiger partial charge in [-0.05, 0) is 19.1 Å². The monoisotopic (exact) mass is 359 g/mol. The van der Waals surface area contributed by atoms with Crippen LogP contribution in [0.15, 0.2) is 36.5 Å². The van der Waals surface area contributed by atoms with Crippen molar-refractivity contribution in [1.29, 1.82) is 0 Å². The number of imidazole rings is 1. The van der Waals surface area contributed by atoms with Crippen molar-refractivity contribution in [3.8, 4) is 5.75 Å². The molecular formula is C24H27N2O+. The van der Waals surface area contributed by atoms with E-state index in [1.807, 2.05) is 0 Å². The zero-order valence-electron chi connectivity index (χ0n) is 17.3. The molecule has 0 saturated carbocycles. The summed E-state index contributed by atoms with van der Waals surface area (Å²) < 4.78 is 10.5. The largest absolute Gasteiger partial charge is 0.496 e. The molecule has 0 fully saturated rings. The van der Waals surface area contributed by atoms with Crippen LogP contribution in [0, 0.1) is 6.92 Å². The van der Waals surface area contributed by atoms with Crippen molar-refractivity contribution in [2.24, 2.45) is 7.05 Å². The van der Waals surface area contributed by atoms with E-state index in [1.165, 1.54) is 44.1 Å². The summed E-state index contributed by atoms with van der Waals surface area (Å²) in [7, 11) is 3.92. The highest BCUT2D eigenvalue weighted by Gasteiger charge is 2.50. The van der Waals surface area contributed by atoms with Crippen LogP contribution in [0.1, 0.15) is 44.5 Å². The minimum Gasteiger partial charge on any atom is -0.496 e. The van der Waals surface area contributed by atoms with Crippen molar-refractivity contribution < 1.29 is 9.30 Å². The molecule has 0 bridgehead atoms. The molecule has 0 unspecified atom stereocenters. The number of rotatable bonds is 1. The molecule has 2 aromatic carbocycles. The van der Waals surface area contributed by atoms with Gasteiger partial charge in [0, 0.05) is 32.7 Å². The first kappa shape index (κ1) is 16.6. The van der Waals surface area contributed by atoms with Gasteiger partial charge >= 0.3 is 0 Å². The Kier molecular flexibility index (Phi) is 2.97. The van der Waals surface area contributed by atoms with Crippen LogP contribution >= 0.6 is 0 Å². The fraction of sp³-hybridized carbons (Fsp3) is 0.375. The molecule has 3 nitrogen and oxygen atoms in total. The lowest BCUT2D eigenvalue weighted by molar-refractivity contribution is -0.643. The van der Waals surface area contributed by atoms with Gasteiger partial charge in [0.2, 0.25) is 0 Å². The van der Waals surface area contributed by atoms with E-state index in [0.717, 1.165) is 5.75 Å². The van der Waals surface area contributed by atoms with Gasteiger partial charge in [0.15, 0.2) is 5.69 Å². The van der Waals surface area contributed by atoms with Crippen molar-refractivity contribution in [2.75, 3.05) is 7.11 Å². The number of hydrogen-bond acceptors (Lipinski definition) is 1. The summed E-state index contributed by atoms with van der Waals surface area (Å²) >= 11 is 0. The quantitative estimate of drug-likeness (QED) is 0.347. The van der Waals surface area contributed by atoms with E-state index in [2.05, 4.69) is 87.2 Å². The van der Waals surface area contributed by atoms with Crippen LogP contribution in [0.5, 0.6) is 5.75 Å². The average Bonchev–Trinajstić information content (AvgIpc) is 2.98. The Hall–Kier alpha value is -2.55. The van der Waals surface area contributed by atoms with E-state index in [0.29, 0.717) is 0 Å². The standard InChI is InChI=1S/C24H27N2O/c1-14-18(27-7)12-11-15-16-9-8-10-17-21(16)26-19(24(4,5)23(17,2)3)13-25(6)22(26)20(14)15/h8-13H,1-7H3/q+1. The van der Waals surface area contributed by atoms with Gasteiger partial charge in [-0.2, -0.15) is 4.40 Å². The number of hydrogen-bond donors (Lipinski definition) is 0. The number of methoxy groups -OCH3 is 1. The lowest BCUT2D eigenvalue weighted by atomic mass is 9.61. The van der Waals surface area contributed by atoms with E-state index in [9.17, 15) is 0 Å². The fourth-order valence-electron chi connectivity index (χ4n) is 5.12. The Morgan fingerprint density at radius 3 is 2.41 bits per heavy atom. The van der Waals surface area contributed by atoms with Crippen LogP contribution in [-0.4, -0.2) is 11.5 Å². The molecule has 3 heteroatoms. The Bertz CT molecular complexity index is 1270. The number of pyridine rings is 1. The van der Waals surface area contributed by atoms with Crippen LogP contribution in [0.2, 0.25) is 0 Å². The predicted octanol–water partition coefficient (Wildman–Crippen LogP) is 4.96. The second-order valence-corrected chi connectivity index (χ2v) is 9.05. The molecule has 2 aromatic heterocycles. The van der Waals surface area contributed by atoms with Crippen LogP contribution in [0.4, 0.5) is 0 Å². The van der Waals surface area contributed by atoms with Crippen molar-refractivity contribution in [2.45, 2.75) is 45.4 Å². The molecule has 0 aliphatic carbocycles. The van der Waals surface area contributed by atoms with Crippen LogP contribution in [-0.2, 0) is 17.9 Å². The summed E-state index contributed by atoms with van der Waals surface area (Å²) in [6.45, 7) is 11.7. The predicted molar refractivity (Wildman–Crippen MR) is 111 cm³/mol. The number of benzene rings is 2. The number of fused-ring (bicyclic) bond motifs is 3. The fourth-order valence-corrected chi connectivity index (χ4v) is 5.12. The molecule has 4 aromatic rings. The number of para-hydroxylation sites is 1. The minimum absolute atomic E-state index is 0.0128. The normalized spacial score (nSPS) is 17.3. The summed E-state index contributed by atoms with van der Waals surface area (Å²) in [6.07, 6.45) is 2.32. The van der Waals surface area contributed by atoms with Crippen molar-refractivity contribution in [3.05, 3.63) is 53.3 Å². The van der Waals surface area contributed by atoms with Crippen molar-refractivity contribution in [3.63, 3.8) is 0 Å². The maximum atomic E-state index is 5.65. The lowest BCUT2D eigenvalue weighted by Gasteiger charge is -2.42. The summed E-state index contributed by atoms with van der Waals surface area (Å²) in [6, 6.07) is 11.1. The maximum absolute atomic E-state index is 5.65. The summed E-state index contributed by atoms with van der Waals surface area (Å²) in [5, 5.41) is 3.90. The number of aryl methyl sites for hydroxylation is 2. The zero-order chi connectivity index (χ0) is 19.3. The Labute approximate surface area is 160 Å². The van der Waals surface area contributed by atoms with Crippen LogP contribution in [0.3, 0.4) is 0 Å². The van der Waals surface area contributed by atoms with Crippen LogP contribution < -0.4 is 9.30 Å². The molecule has 27 heavy (non-hydrogen) atoms. The first-order chi connectivity index (χ1) is 12.7. The molecule has 0 spiro atoms. The molecule has 1 aliphatic rings. The van der Waals surface area contributed by atoms with Gasteiger partial charge in [-0.3, -0.25) is 0 Å². The van der Waals surface area contributed by atoms with E-state index in [-0.39, 0.29) is 10.8 Å². The van der Waals surface area contributed by atoms with Gasteiger partial charge in [0.25, 0.3) is 5.65 Å². The van der Waals surface area contributed by atoms with Crippen molar-refractivity contribution in [1.82, 2.24) is 4.40 Å². The molecule has 1 aliphatic heterocycles. The van der Waals surface area contributed by atoms with Gasteiger partial charge in [-0.25, -0.2) is 4.57 Å². The van der Waals surface area contributed by atoms with Gasteiger partial charge in [0.1, 0.15) is 17.5 Å². The average molecular weight is 359 g/mol. The Morgan fingerprint density at radius 1 is 0.963 bits per heavy atom. The molecule has 0 N–H and O–H groups in total. The molecule has 0 atom stereocenters. The third-order valence-corrected chi connectivity index (χ3v) is 7.39. The highest BCUT2D eigenvalue weighted by Crippen LogP contribution is 2.51. The van der Waals surface area contributed by atoms with Gasteiger partial charge < -0.3 is 4.74 Å². The van der Waals surface area contributed by atoms with Crippen LogP contribution in [0.25, 0.3) is 27.3 Å². The zero-order valence-corrected chi connectivity index (χ0v) is 17.3. The molecular weight excluding hydrogens is 332 g/mol. The van der Waals surface area contributed by atoms with E-state index in [1.54, 1.807) is 7.11 Å². The van der Waals surface area contributed by atoms with Crippen molar-refractivity contribution >= 4 is 27.3 Å². The van der Waals surface area contributed by atoms with E-state index < -0.39 is 0 Å². The summed E-state index contributed by atoms with van der Waals surface area (Å²) in [5.74, 6) is 0.944. The second kappa shape index (κ2) is 4.83. The topological polar surface area (TPSA) is 17.5 Å². The first-order valence-corrected chi connectivity index (χ1v) is 9.66. The Morgan fingerprint density at radius 2 is 1.70 bits per heavy atom. The molecule has 0 saturated heterocycles. The molecule has 3 heterocycles. The maximum Gasteiger partial charge on any atom is 0.295 e. The number of ether oxygens (including phenoxy) is 1. The number of nitrogens with zero attached hydrogens (tertiary/aromatic N) is 2. The molecule has 0 amide bonds. The Balaban J connectivity index is 2.20. The molecule has 138 valence electrons. The smallest absolute Gasteiger partial charge is 0.295 e. The SMILES string of the molecule is COc1ccc2c3cccc4c3n3c(c[n+](C)c3c2c1C)C(C)(C)C4(C)C. The first-order valence-electron chi connectivity index (χ1n) is 9.66. The minimum atomic E-state index is 0.0128. The van der Waals surface area contributed by atoms with Gasteiger partial charge in [-0.1, -0.05) is 45.9 Å². The van der Waals surface area contributed by atoms with E-state index >= 15 is 0 Å². The summed E-state index contributed by atoms with van der Waals surface area (Å²) in [5.41, 5.74) is 6.65. The summed E-state index contributed by atoms with van der Waals surface area (Å²) in [4.78, 5) is 0. The lowest BCUT2D eigenvalue weighted by Crippen LogP contribution is -2.44. The molecule has 5 rings (SSSR count). The van der Waals surface area contributed by atoms with E-state index in [4.69, 9.17) is 4.74 Å². The third-order valence-electron chi connectivity index (χ3n) is 7.39. The molecule has 0 radical (unpaired) electrons. The highest BCUT2D eigenvalue weighted by molar-refractivity contribution is 6.14. The second-order valence-electron chi connectivity index (χ2n) is 9.05. The van der Waals surface area contributed by atoms with Gasteiger partial charge in [-0.15, -0.1) is 0 Å². The van der Waals surface area contributed by atoms with Gasteiger partial charge in [0.05, 0.1) is 19.5 Å². The highest BCUT2D eigenvalue weighted by atomic mass is 16.5.